The molecular weight excluding hydrogens is 345 g/mol. The minimum atomic E-state index is -4.41. The highest BCUT2D eigenvalue weighted by Crippen LogP contribution is 2.29. The fourth-order valence-electron chi connectivity index (χ4n) is 2.42. The number of halogens is 3. The number of nitrogens with zero attached hydrogens (tertiary/aromatic N) is 3. The van der Waals surface area contributed by atoms with Gasteiger partial charge >= 0.3 is 6.18 Å². The van der Waals surface area contributed by atoms with E-state index in [1.165, 1.54) is 24.5 Å². The van der Waals surface area contributed by atoms with Gasteiger partial charge in [0.2, 0.25) is 0 Å². The molecule has 8 heteroatoms. The number of rotatable bonds is 7. The van der Waals surface area contributed by atoms with Crippen LogP contribution in [0.4, 0.5) is 24.7 Å². The summed E-state index contributed by atoms with van der Waals surface area (Å²) >= 11 is 0. The van der Waals surface area contributed by atoms with E-state index in [1.807, 2.05) is 0 Å². The fraction of sp³-hybridized carbons (Fsp3) is 0.389. The average Bonchev–Trinajstić information content (AvgIpc) is 2.61. The second-order valence-corrected chi connectivity index (χ2v) is 5.78. The summed E-state index contributed by atoms with van der Waals surface area (Å²) in [7, 11) is 0. The summed E-state index contributed by atoms with van der Waals surface area (Å²) in [6, 6.07) is 4.23. The van der Waals surface area contributed by atoms with Gasteiger partial charge in [0.1, 0.15) is 11.5 Å². The van der Waals surface area contributed by atoms with Gasteiger partial charge in [-0.15, -0.1) is 0 Å². The van der Waals surface area contributed by atoms with Gasteiger partial charge in [0, 0.05) is 18.8 Å². The highest BCUT2D eigenvalue weighted by Gasteiger charge is 2.30. The summed E-state index contributed by atoms with van der Waals surface area (Å²) < 4.78 is 37.7. The maximum Gasteiger partial charge on any atom is 0.416 e. The van der Waals surface area contributed by atoms with Crippen LogP contribution in [-0.4, -0.2) is 29.0 Å². The normalized spacial score (nSPS) is 11.3. The monoisotopic (exact) mass is 366 g/mol. The fourth-order valence-corrected chi connectivity index (χ4v) is 2.42. The van der Waals surface area contributed by atoms with E-state index in [0.717, 1.165) is 38.1 Å². The summed E-state index contributed by atoms with van der Waals surface area (Å²) in [5, 5.41) is 2.51. The molecule has 0 spiro atoms. The number of anilines is 2. The van der Waals surface area contributed by atoms with Crippen molar-refractivity contribution in [3.05, 3.63) is 47.9 Å². The summed E-state index contributed by atoms with van der Waals surface area (Å²) in [6.07, 6.45) is 0.433. The third-order valence-electron chi connectivity index (χ3n) is 3.65. The van der Waals surface area contributed by atoms with Crippen molar-refractivity contribution in [1.82, 2.24) is 9.97 Å². The zero-order valence-corrected chi connectivity index (χ0v) is 14.7. The Kier molecular flexibility index (Phi) is 6.54. The highest BCUT2D eigenvalue weighted by atomic mass is 19.4. The number of nitrogens with one attached hydrogen (secondary N) is 1. The maximum absolute atomic E-state index is 12.6. The molecule has 0 saturated carbocycles. The molecule has 0 fully saturated rings. The first-order valence-electron chi connectivity index (χ1n) is 8.40. The van der Waals surface area contributed by atoms with Gasteiger partial charge in [-0.05, 0) is 37.1 Å². The molecule has 1 N–H and O–H groups in total. The molecule has 0 radical (unpaired) electrons. The number of aromatic nitrogens is 2. The van der Waals surface area contributed by atoms with Crippen LogP contribution < -0.4 is 10.2 Å². The van der Waals surface area contributed by atoms with E-state index in [2.05, 4.69) is 34.0 Å². The molecule has 5 nitrogen and oxygen atoms in total. The first kappa shape index (κ1) is 19.7. The molecule has 1 amide bonds. The first-order valence-corrected chi connectivity index (χ1v) is 8.40. The smallest absolute Gasteiger partial charge is 0.355 e. The summed E-state index contributed by atoms with van der Waals surface area (Å²) in [5.74, 6) is 0.168. The van der Waals surface area contributed by atoms with Crippen molar-refractivity contribution in [3.63, 3.8) is 0 Å². The number of carbonyl (C=O) groups excluding carboxylic acids is 1. The molecule has 0 bridgehead atoms. The molecule has 0 atom stereocenters. The molecular formula is C18H21F3N4O. The van der Waals surface area contributed by atoms with Crippen LogP contribution in [0.15, 0.2) is 36.7 Å². The van der Waals surface area contributed by atoms with E-state index < -0.39 is 17.6 Å². The minimum Gasteiger partial charge on any atom is -0.355 e. The predicted octanol–water partition coefficient (Wildman–Crippen LogP) is 4.37. The van der Waals surface area contributed by atoms with Crippen LogP contribution in [0.5, 0.6) is 0 Å². The quantitative estimate of drug-likeness (QED) is 0.790. The number of benzene rings is 1. The number of carbonyl (C=O) groups is 1. The van der Waals surface area contributed by atoms with Gasteiger partial charge < -0.3 is 10.2 Å². The second-order valence-electron chi connectivity index (χ2n) is 5.78. The van der Waals surface area contributed by atoms with Crippen LogP contribution in [0.25, 0.3) is 0 Å². The van der Waals surface area contributed by atoms with Crippen molar-refractivity contribution in [2.75, 3.05) is 23.3 Å². The molecule has 0 unspecified atom stereocenters. The number of alkyl halides is 3. The number of hydrogen-bond donors (Lipinski definition) is 1. The van der Waals surface area contributed by atoms with Crippen molar-refractivity contribution in [2.45, 2.75) is 32.9 Å². The molecule has 0 aliphatic rings. The highest BCUT2D eigenvalue weighted by molar-refractivity contribution is 6.02. The Hall–Kier alpha value is -2.64. The van der Waals surface area contributed by atoms with E-state index in [0.29, 0.717) is 5.82 Å². The largest absolute Gasteiger partial charge is 0.416 e. The van der Waals surface area contributed by atoms with Crippen molar-refractivity contribution >= 4 is 17.4 Å². The molecule has 140 valence electrons. The average molecular weight is 366 g/mol. The van der Waals surface area contributed by atoms with Crippen molar-refractivity contribution < 1.29 is 18.0 Å². The van der Waals surface area contributed by atoms with Gasteiger partial charge in [0.25, 0.3) is 5.91 Å². The topological polar surface area (TPSA) is 58.1 Å². The lowest BCUT2D eigenvalue weighted by Gasteiger charge is -2.22. The second kappa shape index (κ2) is 8.64. The molecule has 0 saturated heterocycles. The van der Waals surface area contributed by atoms with Crippen LogP contribution in [0.1, 0.15) is 42.7 Å². The Morgan fingerprint density at radius 2 is 1.65 bits per heavy atom. The molecule has 0 aliphatic heterocycles. The summed E-state index contributed by atoms with van der Waals surface area (Å²) in [5.41, 5.74) is -0.416. The van der Waals surface area contributed by atoms with Gasteiger partial charge in [-0.1, -0.05) is 13.8 Å². The third-order valence-corrected chi connectivity index (χ3v) is 3.65. The van der Waals surface area contributed by atoms with Crippen LogP contribution in [0.3, 0.4) is 0 Å². The molecule has 0 aliphatic carbocycles. The van der Waals surface area contributed by atoms with E-state index in [-0.39, 0.29) is 11.4 Å². The van der Waals surface area contributed by atoms with E-state index >= 15 is 0 Å². The summed E-state index contributed by atoms with van der Waals surface area (Å²) in [4.78, 5) is 22.7. The van der Waals surface area contributed by atoms with Gasteiger partial charge in [-0.2, -0.15) is 13.2 Å². The van der Waals surface area contributed by atoms with Crippen molar-refractivity contribution in [2.24, 2.45) is 0 Å². The molecule has 1 heterocycles. The van der Waals surface area contributed by atoms with Crippen LogP contribution >= 0.6 is 0 Å². The molecule has 2 aromatic rings. The van der Waals surface area contributed by atoms with Crippen LogP contribution in [0, 0.1) is 0 Å². The molecule has 26 heavy (non-hydrogen) atoms. The Bertz CT molecular complexity index is 709. The molecule has 1 aromatic heterocycles. The van der Waals surface area contributed by atoms with E-state index in [1.54, 1.807) is 0 Å². The standard InChI is InChI=1S/C18H21F3N4O/c1-3-9-25(10-4-2)16-12-22-15(11-23-16)17(26)24-14-7-5-13(6-8-14)18(19,20)21/h5-8,11-12H,3-4,9-10H2,1-2H3,(H,24,26). The van der Waals surface area contributed by atoms with Gasteiger partial charge in [-0.3, -0.25) is 4.79 Å². The molecule has 1 aromatic carbocycles. The van der Waals surface area contributed by atoms with Gasteiger partial charge in [-0.25, -0.2) is 9.97 Å². The summed E-state index contributed by atoms with van der Waals surface area (Å²) in [6.45, 7) is 5.84. The maximum atomic E-state index is 12.6. The van der Waals surface area contributed by atoms with Crippen molar-refractivity contribution in [3.8, 4) is 0 Å². The lowest BCUT2D eigenvalue weighted by molar-refractivity contribution is -0.137. The Balaban J connectivity index is 2.05. The predicted molar refractivity (Wildman–Crippen MR) is 94.2 cm³/mol. The van der Waals surface area contributed by atoms with Crippen LogP contribution in [-0.2, 0) is 6.18 Å². The lowest BCUT2D eigenvalue weighted by atomic mass is 10.2. The van der Waals surface area contributed by atoms with Crippen LogP contribution in [0.2, 0.25) is 0 Å². The Morgan fingerprint density at radius 3 is 2.12 bits per heavy atom. The van der Waals surface area contributed by atoms with E-state index in [4.69, 9.17) is 0 Å². The van der Waals surface area contributed by atoms with Gasteiger partial charge in [0.05, 0.1) is 18.0 Å². The molecule has 2 rings (SSSR count). The lowest BCUT2D eigenvalue weighted by Crippen LogP contribution is -2.26. The number of hydrogen-bond acceptors (Lipinski definition) is 4. The SMILES string of the molecule is CCCN(CCC)c1cnc(C(=O)Nc2ccc(C(F)(F)F)cc2)cn1. The first-order chi connectivity index (χ1) is 12.3. The van der Waals surface area contributed by atoms with E-state index in [9.17, 15) is 18.0 Å². The zero-order valence-electron chi connectivity index (χ0n) is 14.7. The third kappa shape index (κ3) is 5.18. The van der Waals surface area contributed by atoms with Gasteiger partial charge in [0.15, 0.2) is 0 Å². The Labute approximate surface area is 150 Å². The zero-order chi connectivity index (χ0) is 19.2. The number of amides is 1. The minimum absolute atomic E-state index is 0.0987. The Morgan fingerprint density at radius 1 is 1.04 bits per heavy atom. The van der Waals surface area contributed by atoms with Crippen molar-refractivity contribution in [1.29, 1.82) is 0 Å².